The molecule has 2 aromatic carbocycles. The summed E-state index contributed by atoms with van der Waals surface area (Å²) in [5.41, 5.74) is -1.18. The minimum atomic E-state index is -1.34. The molecule has 132 valence electrons. The van der Waals surface area contributed by atoms with Gasteiger partial charge in [-0.2, -0.15) is 0 Å². The van der Waals surface area contributed by atoms with Gasteiger partial charge in [-0.25, -0.2) is 13.6 Å². The van der Waals surface area contributed by atoms with Gasteiger partial charge in [0.05, 0.1) is 12.2 Å². The first-order valence-electron chi connectivity index (χ1n) is 7.88. The predicted octanol–water partition coefficient (Wildman–Crippen LogP) is 4.48. The normalized spacial score (nSPS) is 10.4. The van der Waals surface area contributed by atoms with Crippen LogP contribution in [0.15, 0.2) is 30.3 Å². The van der Waals surface area contributed by atoms with Crippen LogP contribution in [0.3, 0.4) is 0 Å². The second-order valence-corrected chi connectivity index (χ2v) is 5.39. The SMILES string of the molecule is CCCCOc1c(C=O)c(F)c(F)c(C)c1C(=O)Oc1ccccc1. The number of hydrogen-bond donors (Lipinski definition) is 0. The van der Waals surface area contributed by atoms with Crippen LogP contribution in [0.5, 0.6) is 11.5 Å². The Labute approximate surface area is 144 Å². The van der Waals surface area contributed by atoms with Gasteiger partial charge < -0.3 is 9.47 Å². The van der Waals surface area contributed by atoms with E-state index in [1.54, 1.807) is 30.3 Å². The third-order valence-corrected chi connectivity index (χ3v) is 3.63. The molecule has 0 radical (unpaired) electrons. The molecule has 0 N–H and O–H groups in total. The summed E-state index contributed by atoms with van der Waals surface area (Å²) in [5, 5.41) is 0. The predicted molar refractivity (Wildman–Crippen MR) is 88.3 cm³/mol. The second-order valence-electron chi connectivity index (χ2n) is 5.39. The average molecular weight is 348 g/mol. The van der Waals surface area contributed by atoms with Crippen LogP contribution in [0.1, 0.15) is 46.0 Å². The molecule has 0 heterocycles. The molecule has 0 aliphatic heterocycles. The van der Waals surface area contributed by atoms with Crippen LogP contribution in [0.2, 0.25) is 0 Å². The zero-order valence-electron chi connectivity index (χ0n) is 14.0. The van der Waals surface area contributed by atoms with Crippen molar-refractivity contribution in [1.82, 2.24) is 0 Å². The molecule has 0 aromatic heterocycles. The molecular formula is C19H18F2O4. The molecule has 6 heteroatoms. The largest absolute Gasteiger partial charge is 0.492 e. The Kier molecular flexibility index (Phi) is 6.22. The molecule has 2 aromatic rings. The summed E-state index contributed by atoms with van der Waals surface area (Å²) in [6.45, 7) is 3.32. The van der Waals surface area contributed by atoms with Gasteiger partial charge in [0.15, 0.2) is 17.9 Å². The summed E-state index contributed by atoms with van der Waals surface area (Å²) in [7, 11) is 0. The summed E-state index contributed by atoms with van der Waals surface area (Å²) in [4.78, 5) is 23.8. The Bertz CT molecular complexity index is 773. The fourth-order valence-electron chi connectivity index (χ4n) is 2.26. The zero-order chi connectivity index (χ0) is 18.4. The minimum absolute atomic E-state index is 0.137. The monoisotopic (exact) mass is 348 g/mol. The summed E-state index contributed by atoms with van der Waals surface area (Å²) in [6, 6.07) is 8.16. The molecule has 0 saturated heterocycles. The third kappa shape index (κ3) is 4.02. The van der Waals surface area contributed by atoms with Gasteiger partial charge in [-0.3, -0.25) is 4.79 Å². The van der Waals surface area contributed by atoms with E-state index in [1.165, 1.54) is 6.92 Å². The van der Waals surface area contributed by atoms with Gasteiger partial charge in [-0.15, -0.1) is 0 Å². The number of benzene rings is 2. The van der Waals surface area contributed by atoms with E-state index in [1.807, 2.05) is 6.92 Å². The lowest BCUT2D eigenvalue weighted by Gasteiger charge is -2.16. The number of unbranched alkanes of at least 4 members (excludes halogenated alkanes) is 1. The highest BCUT2D eigenvalue weighted by molar-refractivity contribution is 5.99. The smallest absolute Gasteiger partial charge is 0.347 e. The summed E-state index contributed by atoms with van der Waals surface area (Å²) >= 11 is 0. The lowest BCUT2D eigenvalue weighted by molar-refractivity contribution is 0.0728. The summed E-state index contributed by atoms with van der Waals surface area (Å²) in [6.07, 6.45) is 1.56. The van der Waals surface area contributed by atoms with Gasteiger partial charge in [0.2, 0.25) is 0 Å². The Morgan fingerprint density at radius 2 is 1.84 bits per heavy atom. The van der Waals surface area contributed by atoms with Crippen molar-refractivity contribution in [2.75, 3.05) is 6.61 Å². The molecule has 0 amide bonds. The number of rotatable bonds is 7. The first-order valence-corrected chi connectivity index (χ1v) is 7.88. The van der Waals surface area contributed by atoms with Crippen molar-refractivity contribution >= 4 is 12.3 Å². The molecule has 4 nitrogen and oxygen atoms in total. The molecule has 0 aliphatic carbocycles. The highest BCUT2D eigenvalue weighted by Crippen LogP contribution is 2.32. The number of carbonyl (C=O) groups is 2. The number of esters is 1. The van der Waals surface area contributed by atoms with Crippen molar-refractivity contribution in [1.29, 1.82) is 0 Å². The average Bonchev–Trinajstić information content (AvgIpc) is 2.61. The highest BCUT2D eigenvalue weighted by atomic mass is 19.2. The van der Waals surface area contributed by atoms with Gasteiger partial charge in [0, 0.05) is 5.56 Å². The molecule has 0 spiro atoms. The van der Waals surface area contributed by atoms with E-state index in [9.17, 15) is 18.4 Å². The molecule has 0 fully saturated rings. The quantitative estimate of drug-likeness (QED) is 0.320. The zero-order valence-corrected chi connectivity index (χ0v) is 14.0. The van der Waals surface area contributed by atoms with Crippen LogP contribution in [0.25, 0.3) is 0 Å². The van der Waals surface area contributed by atoms with Gasteiger partial charge in [-0.1, -0.05) is 31.5 Å². The third-order valence-electron chi connectivity index (χ3n) is 3.63. The molecular weight excluding hydrogens is 330 g/mol. The van der Waals surface area contributed by atoms with E-state index < -0.39 is 23.2 Å². The molecule has 25 heavy (non-hydrogen) atoms. The molecule has 0 bridgehead atoms. The highest BCUT2D eigenvalue weighted by Gasteiger charge is 2.28. The topological polar surface area (TPSA) is 52.6 Å². The Hall–Kier alpha value is -2.76. The molecule has 0 saturated carbocycles. The van der Waals surface area contributed by atoms with Crippen molar-refractivity contribution in [2.45, 2.75) is 26.7 Å². The molecule has 0 unspecified atom stereocenters. The fraction of sp³-hybridized carbons (Fsp3) is 0.263. The van der Waals surface area contributed by atoms with E-state index in [0.29, 0.717) is 6.42 Å². The van der Waals surface area contributed by atoms with Crippen LogP contribution in [-0.4, -0.2) is 18.9 Å². The number of carbonyl (C=O) groups excluding carboxylic acids is 2. The molecule has 2 rings (SSSR count). The number of para-hydroxylation sites is 1. The first kappa shape index (κ1) is 18.6. The van der Waals surface area contributed by atoms with E-state index in [0.717, 1.165) is 6.42 Å². The molecule has 0 atom stereocenters. The molecule has 0 aliphatic rings. The van der Waals surface area contributed by atoms with Gasteiger partial charge in [0.25, 0.3) is 0 Å². The lowest BCUT2D eigenvalue weighted by atomic mass is 10.0. The van der Waals surface area contributed by atoms with Crippen LogP contribution in [0, 0.1) is 18.6 Å². The van der Waals surface area contributed by atoms with Crippen molar-refractivity contribution in [3.05, 3.63) is 58.7 Å². The maximum Gasteiger partial charge on any atom is 0.347 e. The van der Waals surface area contributed by atoms with E-state index in [-0.39, 0.29) is 35.5 Å². The van der Waals surface area contributed by atoms with Crippen molar-refractivity contribution < 1.29 is 27.8 Å². The lowest BCUT2D eigenvalue weighted by Crippen LogP contribution is -2.17. The van der Waals surface area contributed by atoms with Crippen LogP contribution in [-0.2, 0) is 0 Å². The van der Waals surface area contributed by atoms with E-state index >= 15 is 0 Å². The van der Waals surface area contributed by atoms with Crippen LogP contribution in [0.4, 0.5) is 8.78 Å². The Morgan fingerprint density at radius 1 is 1.16 bits per heavy atom. The maximum atomic E-state index is 14.1. The number of aldehydes is 1. The van der Waals surface area contributed by atoms with Crippen LogP contribution >= 0.6 is 0 Å². The Balaban J connectivity index is 2.51. The minimum Gasteiger partial charge on any atom is -0.492 e. The number of ether oxygens (including phenoxy) is 2. The number of halogens is 2. The fourth-order valence-corrected chi connectivity index (χ4v) is 2.26. The van der Waals surface area contributed by atoms with E-state index in [2.05, 4.69) is 0 Å². The summed E-state index contributed by atoms with van der Waals surface area (Å²) in [5.74, 6) is -3.58. The maximum absolute atomic E-state index is 14.1. The number of hydrogen-bond acceptors (Lipinski definition) is 4. The first-order chi connectivity index (χ1) is 12.0. The van der Waals surface area contributed by atoms with Crippen molar-refractivity contribution in [3.63, 3.8) is 0 Å². The van der Waals surface area contributed by atoms with Gasteiger partial charge >= 0.3 is 5.97 Å². The van der Waals surface area contributed by atoms with E-state index in [4.69, 9.17) is 9.47 Å². The van der Waals surface area contributed by atoms with Crippen LogP contribution < -0.4 is 9.47 Å². The van der Waals surface area contributed by atoms with Crippen molar-refractivity contribution in [2.24, 2.45) is 0 Å². The van der Waals surface area contributed by atoms with Gasteiger partial charge in [-0.05, 0) is 25.5 Å². The Morgan fingerprint density at radius 3 is 2.44 bits per heavy atom. The summed E-state index contributed by atoms with van der Waals surface area (Å²) < 4.78 is 38.8. The van der Waals surface area contributed by atoms with Gasteiger partial charge in [0.1, 0.15) is 17.1 Å². The second kappa shape index (κ2) is 8.37. The standard InChI is InChI=1S/C19H18F2O4/c1-3-4-10-24-18-14(11-22)17(21)16(20)12(2)15(18)19(23)25-13-8-6-5-7-9-13/h5-9,11H,3-4,10H2,1-2H3. The van der Waals surface area contributed by atoms with Crippen molar-refractivity contribution in [3.8, 4) is 11.5 Å².